The minimum atomic E-state index is -0.911. The predicted molar refractivity (Wildman–Crippen MR) is 61.1 cm³/mol. The number of nitrogens with zero attached hydrogens (tertiary/aromatic N) is 1. The molecule has 0 aliphatic heterocycles. The highest BCUT2D eigenvalue weighted by atomic mass is 32.1. The number of carbonyl (C=O) groups is 1. The second-order valence-electron chi connectivity index (χ2n) is 3.38. The molecule has 0 fully saturated rings. The normalized spacial score (nSPS) is 12.6. The van der Waals surface area contributed by atoms with E-state index in [0.717, 1.165) is 11.3 Å². The molecular formula is C10H11N3O2S. The molecule has 1 atom stereocenters. The second kappa shape index (κ2) is 4.46. The van der Waals surface area contributed by atoms with Gasteiger partial charge in [0.15, 0.2) is 0 Å². The number of nitrogens with two attached hydrogens (primary N) is 1. The van der Waals surface area contributed by atoms with Crippen molar-refractivity contribution in [2.24, 2.45) is 5.73 Å². The van der Waals surface area contributed by atoms with Crippen molar-refractivity contribution in [2.45, 2.75) is 12.5 Å². The number of thiazole rings is 1. The lowest BCUT2D eigenvalue weighted by molar-refractivity contribution is -0.137. The Labute approximate surface area is 95.9 Å². The van der Waals surface area contributed by atoms with Crippen LogP contribution in [0.15, 0.2) is 23.8 Å². The van der Waals surface area contributed by atoms with Crippen molar-refractivity contribution < 1.29 is 9.90 Å². The van der Waals surface area contributed by atoms with E-state index in [1.165, 1.54) is 11.3 Å². The first kappa shape index (κ1) is 10.8. The maximum atomic E-state index is 10.5. The monoisotopic (exact) mass is 237 g/mol. The Morgan fingerprint density at radius 1 is 1.69 bits per heavy atom. The maximum absolute atomic E-state index is 10.5. The first-order valence-corrected chi connectivity index (χ1v) is 5.60. The van der Waals surface area contributed by atoms with Gasteiger partial charge in [0.05, 0.1) is 18.2 Å². The Hall–Kier alpha value is -1.66. The third-order valence-corrected chi connectivity index (χ3v) is 3.10. The minimum Gasteiger partial charge on any atom is -0.481 e. The molecule has 4 N–H and O–H groups in total. The van der Waals surface area contributed by atoms with Gasteiger partial charge in [0.25, 0.3) is 0 Å². The number of hydrogen-bond acceptors (Lipinski definition) is 4. The highest BCUT2D eigenvalue weighted by Crippen LogP contribution is 2.25. The number of aromatic nitrogens is 2. The summed E-state index contributed by atoms with van der Waals surface area (Å²) in [5.41, 5.74) is 7.52. The van der Waals surface area contributed by atoms with E-state index in [4.69, 9.17) is 10.8 Å². The molecule has 0 saturated heterocycles. The minimum absolute atomic E-state index is 0.0971. The Morgan fingerprint density at radius 2 is 2.50 bits per heavy atom. The maximum Gasteiger partial charge on any atom is 0.305 e. The lowest BCUT2D eigenvalue weighted by atomic mass is 10.2. The molecule has 0 amide bonds. The van der Waals surface area contributed by atoms with Gasteiger partial charge in [-0.25, -0.2) is 4.98 Å². The number of hydrogen-bond donors (Lipinski definition) is 3. The van der Waals surface area contributed by atoms with Crippen LogP contribution in [0.4, 0.5) is 0 Å². The van der Waals surface area contributed by atoms with Crippen LogP contribution < -0.4 is 5.73 Å². The average Bonchev–Trinajstić information content (AvgIpc) is 2.87. The molecule has 0 aliphatic rings. The van der Waals surface area contributed by atoms with Crippen LogP contribution in [-0.4, -0.2) is 21.0 Å². The molecule has 2 aromatic heterocycles. The predicted octanol–water partition coefficient (Wildman–Crippen LogP) is 1.61. The van der Waals surface area contributed by atoms with E-state index in [0.29, 0.717) is 5.01 Å². The summed E-state index contributed by atoms with van der Waals surface area (Å²) in [4.78, 5) is 17.8. The molecule has 0 bridgehead atoms. The smallest absolute Gasteiger partial charge is 0.305 e. The highest BCUT2D eigenvalue weighted by molar-refractivity contribution is 7.10. The van der Waals surface area contributed by atoms with Crippen LogP contribution in [0.25, 0.3) is 11.3 Å². The zero-order chi connectivity index (χ0) is 11.5. The third kappa shape index (κ3) is 2.29. The van der Waals surface area contributed by atoms with Crippen LogP contribution >= 0.6 is 11.3 Å². The molecule has 0 spiro atoms. The molecule has 0 aromatic carbocycles. The Morgan fingerprint density at radius 3 is 3.12 bits per heavy atom. The van der Waals surface area contributed by atoms with Crippen LogP contribution in [0.3, 0.4) is 0 Å². The van der Waals surface area contributed by atoms with Crippen LogP contribution in [0.1, 0.15) is 17.5 Å². The Balaban J connectivity index is 2.16. The molecule has 0 aliphatic carbocycles. The molecule has 2 aromatic rings. The molecule has 84 valence electrons. The Kier molecular flexibility index (Phi) is 3.02. The van der Waals surface area contributed by atoms with Crippen molar-refractivity contribution in [1.29, 1.82) is 0 Å². The van der Waals surface area contributed by atoms with E-state index in [1.807, 2.05) is 23.8 Å². The number of carboxylic acid groups (broad SMARTS) is 1. The van der Waals surface area contributed by atoms with E-state index in [-0.39, 0.29) is 6.42 Å². The van der Waals surface area contributed by atoms with Gasteiger partial charge in [0, 0.05) is 23.3 Å². The lowest BCUT2D eigenvalue weighted by Gasteiger charge is -2.03. The fraction of sp³-hybridized carbons (Fsp3) is 0.200. The van der Waals surface area contributed by atoms with Gasteiger partial charge in [-0.1, -0.05) is 0 Å². The third-order valence-electron chi connectivity index (χ3n) is 2.13. The largest absolute Gasteiger partial charge is 0.481 e. The van der Waals surface area contributed by atoms with Crippen LogP contribution in [0.5, 0.6) is 0 Å². The Bertz CT molecular complexity index is 478. The molecular weight excluding hydrogens is 226 g/mol. The second-order valence-corrected chi connectivity index (χ2v) is 4.26. The van der Waals surface area contributed by atoms with Crippen molar-refractivity contribution >= 4 is 17.3 Å². The van der Waals surface area contributed by atoms with Gasteiger partial charge in [-0.3, -0.25) is 4.79 Å². The molecule has 1 unspecified atom stereocenters. The molecule has 6 heteroatoms. The van der Waals surface area contributed by atoms with E-state index in [9.17, 15) is 4.79 Å². The first-order valence-electron chi connectivity index (χ1n) is 4.73. The average molecular weight is 237 g/mol. The standard InChI is InChI=1S/C10H11N3O2S/c11-7(3-9(14)15)10-13-8(5-16-10)6-1-2-12-4-6/h1-2,4-5,7,12H,3,11H2,(H,14,15). The topological polar surface area (TPSA) is 92.0 Å². The SMILES string of the molecule is NC(CC(=O)O)c1nc(-c2cc[nH]c2)cs1. The van der Waals surface area contributed by atoms with Gasteiger partial charge in [-0.15, -0.1) is 11.3 Å². The van der Waals surface area contributed by atoms with Crippen molar-refractivity contribution in [3.63, 3.8) is 0 Å². The zero-order valence-corrected chi connectivity index (χ0v) is 9.20. The fourth-order valence-corrected chi connectivity index (χ4v) is 2.18. The summed E-state index contributed by atoms with van der Waals surface area (Å²) in [6, 6.07) is 1.37. The van der Waals surface area contributed by atoms with E-state index < -0.39 is 12.0 Å². The molecule has 2 heterocycles. The summed E-state index contributed by atoms with van der Waals surface area (Å²) in [5, 5.41) is 11.2. The molecule has 5 nitrogen and oxygen atoms in total. The van der Waals surface area contributed by atoms with E-state index in [1.54, 1.807) is 0 Å². The molecule has 0 radical (unpaired) electrons. The van der Waals surface area contributed by atoms with Gasteiger partial charge in [-0.2, -0.15) is 0 Å². The molecule has 16 heavy (non-hydrogen) atoms. The summed E-state index contributed by atoms with van der Waals surface area (Å²) >= 11 is 1.38. The summed E-state index contributed by atoms with van der Waals surface area (Å²) in [6.07, 6.45) is 3.55. The number of aromatic amines is 1. The van der Waals surface area contributed by atoms with Gasteiger partial charge >= 0.3 is 5.97 Å². The van der Waals surface area contributed by atoms with Crippen LogP contribution in [0.2, 0.25) is 0 Å². The molecule has 0 saturated carbocycles. The van der Waals surface area contributed by atoms with Gasteiger partial charge in [0.2, 0.25) is 0 Å². The van der Waals surface area contributed by atoms with Crippen molar-refractivity contribution in [3.8, 4) is 11.3 Å². The van der Waals surface area contributed by atoms with Crippen LogP contribution in [-0.2, 0) is 4.79 Å². The van der Waals surface area contributed by atoms with Gasteiger partial charge in [0.1, 0.15) is 5.01 Å². The van der Waals surface area contributed by atoms with E-state index in [2.05, 4.69) is 9.97 Å². The fourth-order valence-electron chi connectivity index (χ4n) is 1.35. The van der Waals surface area contributed by atoms with E-state index >= 15 is 0 Å². The number of carboxylic acids is 1. The van der Waals surface area contributed by atoms with Crippen molar-refractivity contribution in [1.82, 2.24) is 9.97 Å². The number of aliphatic carboxylic acids is 1. The zero-order valence-electron chi connectivity index (χ0n) is 8.38. The van der Waals surface area contributed by atoms with Crippen LogP contribution in [0, 0.1) is 0 Å². The summed E-state index contributed by atoms with van der Waals surface area (Å²) in [7, 11) is 0. The summed E-state index contributed by atoms with van der Waals surface area (Å²) in [5.74, 6) is -0.911. The number of H-pyrrole nitrogens is 1. The van der Waals surface area contributed by atoms with Crippen molar-refractivity contribution in [3.05, 3.63) is 28.8 Å². The highest BCUT2D eigenvalue weighted by Gasteiger charge is 2.15. The summed E-state index contributed by atoms with van der Waals surface area (Å²) < 4.78 is 0. The van der Waals surface area contributed by atoms with Gasteiger partial charge in [-0.05, 0) is 6.07 Å². The van der Waals surface area contributed by atoms with Gasteiger partial charge < -0.3 is 15.8 Å². The first-order chi connectivity index (χ1) is 7.66. The summed E-state index contributed by atoms with van der Waals surface area (Å²) in [6.45, 7) is 0. The quantitative estimate of drug-likeness (QED) is 0.753. The number of nitrogens with one attached hydrogen (secondary N) is 1. The number of rotatable bonds is 4. The molecule has 2 rings (SSSR count). The van der Waals surface area contributed by atoms with Crippen molar-refractivity contribution in [2.75, 3.05) is 0 Å². The lowest BCUT2D eigenvalue weighted by Crippen LogP contribution is -2.14.